The van der Waals surface area contributed by atoms with Crippen molar-refractivity contribution in [2.45, 2.75) is 44.4 Å². The zero-order valence-corrected chi connectivity index (χ0v) is 17.5. The summed E-state index contributed by atoms with van der Waals surface area (Å²) in [5.74, 6) is -1.03. The molecule has 0 saturated carbocycles. The zero-order valence-electron chi connectivity index (χ0n) is 17.5. The second kappa shape index (κ2) is 13.0. The topological polar surface area (TPSA) is 137 Å². The number of amides is 3. The summed E-state index contributed by atoms with van der Waals surface area (Å²) < 4.78 is 5.13. The molecule has 0 spiro atoms. The van der Waals surface area contributed by atoms with Gasteiger partial charge in [-0.1, -0.05) is 60.7 Å². The minimum absolute atomic E-state index is 0.210. The second-order valence-corrected chi connectivity index (χ2v) is 7.24. The van der Waals surface area contributed by atoms with Crippen molar-refractivity contribution in [3.63, 3.8) is 0 Å². The van der Waals surface area contributed by atoms with Crippen molar-refractivity contribution >= 4 is 17.9 Å². The minimum atomic E-state index is -0.818. The molecule has 8 heteroatoms. The third kappa shape index (κ3) is 9.31. The number of unbranched alkanes of at least 4 members (excludes halogenated alkanes) is 1. The van der Waals surface area contributed by atoms with Crippen molar-refractivity contribution in [1.82, 2.24) is 10.6 Å². The number of alkyl carbamates (subject to hydrolysis) is 1. The Kier molecular flexibility index (Phi) is 10.0. The molecule has 0 aliphatic rings. The number of hydrogen-bond acceptors (Lipinski definition) is 5. The lowest BCUT2D eigenvalue weighted by Gasteiger charge is -2.18. The number of benzene rings is 2. The molecule has 0 heterocycles. The number of primary amides is 1. The van der Waals surface area contributed by atoms with Gasteiger partial charge in [0.15, 0.2) is 0 Å². The highest BCUT2D eigenvalue weighted by atomic mass is 16.5. The molecule has 2 rings (SSSR count). The lowest BCUT2D eigenvalue weighted by molar-refractivity contribution is -0.128. The molecule has 2 atom stereocenters. The van der Waals surface area contributed by atoms with Crippen molar-refractivity contribution < 1.29 is 19.1 Å². The van der Waals surface area contributed by atoms with E-state index in [0.717, 1.165) is 11.1 Å². The maximum absolute atomic E-state index is 12.3. The Balaban J connectivity index is 1.62. The van der Waals surface area contributed by atoms with Gasteiger partial charge in [-0.3, -0.25) is 9.59 Å². The molecule has 31 heavy (non-hydrogen) atoms. The van der Waals surface area contributed by atoms with Gasteiger partial charge in [0.2, 0.25) is 11.8 Å². The molecule has 8 nitrogen and oxygen atoms in total. The Morgan fingerprint density at radius 3 is 2.13 bits per heavy atom. The maximum Gasteiger partial charge on any atom is 0.407 e. The quantitative estimate of drug-likeness (QED) is 0.382. The van der Waals surface area contributed by atoms with Gasteiger partial charge in [0.25, 0.3) is 0 Å². The Morgan fingerprint density at radius 1 is 0.903 bits per heavy atom. The first-order valence-electron chi connectivity index (χ1n) is 10.3. The van der Waals surface area contributed by atoms with E-state index in [1.54, 1.807) is 0 Å². The van der Waals surface area contributed by atoms with Crippen LogP contribution in [0.5, 0.6) is 0 Å². The van der Waals surface area contributed by atoms with Gasteiger partial charge in [-0.25, -0.2) is 4.79 Å². The van der Waals surface area contributed by atoms with Crippen LogP contribution in [0.2, 0.25) is 0 Å². The summed E-state index contributed by atoms with van der Waals surface area (Å²) >= 11 is 0. The molecule has 166 valence electrons. The third-order valence-corrected chi connectivity index (χ3v) is 4.70. The molecule has 2 aromatic rings. The van der Waals surface area contributed by atoms with Crippen LogP contribution in [-0.4, -0.2) is 36.5 Å². The number of carbonyl (C=O) groups excluding carboxylic acids is 3. The smallest absolute Gasteiger partial charge is 0.407 e. The fourth-order valence-corrected chi connectivity index (χ4v) is 2.94. The van der Waals surface area contributed by atoms with Crippen LogP contribution < -0.4 is 22.1 Å². The van der Waals surface area contributed by atoms with Gasteiger partial charge in [-0.05, 0) is 30.4 Å². The van der Waals surface area contributed by atoms with Crippen LogP contribution in [0.1, 0.15) is 30.4 Å². The zero-order chi connectivity index (χ0) is 22.5. The lowest BCUT2D eigenvalue weighted by Crippen LogP contribution is -2.51. The molecule has 0 aromatic heterocycles. The van der Waals surface area contributed by atoms with E-state index in [1.165, 1.54) is 0 Å². The van der Waals surface area contributed by atoms with Crippen molar-refractivity contribution in [1.29, 1.82) is 0 Å². The summed E-state index contributed by atoms with van der Waals surface area (Å²) in [7, 11) is 0. The van der Waals surface area contributed by atoms with E-state index in [1.807, 2.05) is 60.7 Å². The van der Waals surface area contributed by atoms with Crippen molar-refractivity contribution in [3.8, 4) is 0 Å². The predicted molar refractivity (Wildman–Crippen MR) is 118 cm³/mol. The first-order chi connectivity index (χ1) is 15.0. The van der Waals surface area contributed by atoms with E-state index >= 15 is 0 Å². The summed E-state index contributed by atoms with van der Waals surface area (Å²) in [5, 5.41) is 5.29. The molecule has 0 saturated heterocycles. The molecule has 0 aliphatic heterocycles. The largest absolute Gasteiger partial charge is 0.445 e. The summed E-state index contributed by atoms with van der Waals surface area (Å²) in [5.41, 5.74) is 13.2. The maximum atomic E-state index is 12.3. The molecule has 0 aliphatic carbocycles. The van der Waals surface area contributed by atoms with E-state index in [-0.39, 0.29) is 6.61 Å². The van der Waals surface area contributed by atoms with E-state index in [9.17, 15) is 14.4 Å². The van der Waals surface area contributed by atoms with Gasteiger partial charge in [-0.15, -0.1) is 0 Å². The Labute approximate surface area is 182 Å². The van der Waals surface area contributed by atoms with Crippen LogP contribution in [-0.2, 0) is 27.4 Å². The number of nitrogens with one attached hydrogen (secondary N) is 2. The van der Waals surface area contributed by atoms with Crippen LogP contribution in [0, 0.1) is 0 Å². The molecular formula is C23H30N4O4. The molecule has 0 bridgehead atoms. The fraction of sp³-hybridized carbons (Fsp3) is 0.348. The van der Waals surface area contributed by atoms with Gasteiger partial charge in [0, 0.05) is 13.0 Å². The lowest BCUT2D eigenvalue weighted by atomic mass is 10.0. The van der Waals surface area contributed by atoms with Crippen molar-refractivity contribution in [2.75, 3.05) is 6.54 Å². The molecule has 6 N–H and O–H groups in total. The summed E-state index contributed by atoms with van der Waals surface area (Å²) in [6, 6.07) is 17.1. The van der Waals surface area contributed by atoms with Crippen LogP contribution in [0.4, 0.5) is 4.79 Å². The number of nitrogens with two attached hydrogens (primary N) is 2. The minimum Gasteiger partial charge on any atom is -0.445 e. The van der Waals surface area contributed by atoms with Crippen molar-refractivity contribution in [3.05, 3.63) is 71.8 Å². The first kappa shape index (κ1) is 23.9. The Hall–Kier alpha value is -3.39. The van der Waals surface area contributed by atoms with E-state index < -0.39 is 30.0 Å². The highest BCUT2D eigenvalue weighted by Crippen LogP contribution is 2.05. The first-order valence-corrected chi connectivity index (χ1v) is 10.3. The standard InChI is InChI=1S/C23H30N4O4/c24-19(22(29)27-20(21(25)28)15-17-9-3-1-4-10-17)13-7-8-14-26-23(30)31-16-18-11-5-2-6-12-18/h1-6,9-12,19-20H,7-8,13-16,24H2,(H2,25,28)(H,26,30)(H,27,29). The fourth-order valence-electron chi connectivity index (χ4n) is 2.94. The van der Waals surface area contributed by atoms with Gasteiger partial charge in [0.05, 0.1) is 6.04 Å². The van der Waals surface area contributed by atoms with E-state index in [2.05, 4.69) is 10.6 Å². The van der Waals surface area contributed by atoms with Gasteiger partial charge in [-0.2, -0.15) is 0 Å². The monoisotopic (exact) mass is 426 g/mol. The summed E-state index contributed by atoms with van der Waals surface area (Å²) in [6.45, 7) is 0.627. The molecule has 2 unspecified atom stereocenters. The summed E-state index contributed by atoms with van der Waals surface area (Å²) in [6.07, 6.45) is 1.52. The SMILES string of the molecule is NC(=O)C(Cc1ccccc1)NC(=O)C(N)CCCCNC(=O)OCc1ccccc1. The number of hydrogen-bond donors (Lipinski definition) is 4. The van der Waals surface area contributed by atoms with Gasteiger partial charge in [0.1, 0.15) is 12.6 Å². The molecule has 2 aromatic carbocycles. The molecule has 0 fully saturated rings. The van der Waals surface area contributed by atoms with Crippen LogP contribution >= 0.6 is 0 Å². The molecule has 3 amide bonds. The van der Waals surface area contributed by atoms with Gasteiger partial charge < -0.3 is 26.8 Å². The van der Waals surface area contributed by atoms with Crippen LogP contribution in [0.3, 0.4) is 0 Å². The Morgan fingerprint density at radius 2 is 1.52 bits per heavy atom. The third-order valence-electron chi connectivity index (χ3n) is 4.70. The number of carbonyl (C=O) groups is 3. The van der Waals surface area contributed by atoms with Crippen LogP contribution in [0.25, 0.3) is 0 Å². The molecule has 0 radical (unpaired) electrons. The normalized spacial score (nSPS) is 12.4. The predicted octanol–water partition coefficient (Wildman–Crippen LogP) is 1.62. The van der Waals surface area contributed by atoms with E-state index in [0.29, 0.717) is 32.2 Å². The average molecular weight is 427 g/mol. The highest BCUT2D eigenvalue weighted by Gasteiger charge is 2.22. The second-order valence-electron chi connectivity index (χ2n) is 7.24. The highest BCUT2D eigenvalue weighted by molar-refractivity contribution is 5.89. The number of ether oxygens (including phenoxy) is 1. The van der Waals surface area contributed by atoms with E-state index in [4.69, 9.17) is 16.2 Å². The average Bonchev–Trinajstić information content (AvgIpc) is 2.78. The summed E-state index contributed by atoms with van der Waals surface area (Å²) in [4.78, 5) is 35.7. The van der Waals surface area contributed by atoms with Gasteiger partial charge >= 0.3 is 6.09 Å². The van der Waals surface area contributed by atoms with Crippen molar-refractivity contribution in [2.24, 2.45) is 11.5 Å². The number of rotatable bonds is 12. The molecular weight excluding hydrogens is 396 g/mol. The van der Waals surface area contributed by atoms with Crippen LogP contribution in [0.15, 0.2) is 60.7 Å². The Bertz CT molecular complexity index is 830.